The van der Waals surface area contributed by atoms with E-state index < -0.39 is 17.2 Å². The van der Waals surface area contributed by atoms with Gasteiger partial charge in [-0.2, -0.15) is 10.2 Å². The first kappa shape index (κ1) is 18.8. The first-order valence-corrected chi connectivity index (χ1v) is 8.88. The van der Waals surface area contributed by atoms with Crippen LogP contribution in [0.2, 0.25) is 0 Å². The molecule has 3 aromatic rings. The van der Waals surface area contributed by atoms with Gasteiger partial charge in [-0.15, -0.1) is 0 Å². The number of rotatable bonds is 5. The molecule has 1 N–H and O–H groups in total. The zero-order chi connectivity index (χ0) is 19.7. The highest BCUT2D eigenvalue weighted by Gasteiger charge is 2.19. The van der Waals surface area contributed by atoms with Crippen molar-refractivity contribution in [1.82, 2.24) is 24.9 Å². The summed E-state index contributed by atoms with van der Waals surface area (Å²) in [5, 5.41) is 11.5. The Bertz CT molecular complexity index is 1080. The van der Waals surface area contributed by atoms with Gasteiger partial charge >= 0.3 is 0 Å². The molecule has 0 saturated heterocycles. The Kier molecular flexibility index (Phi) is 5.07. The number of aromatic nitrogens is 4. The van der Waals surface area contributed by atoms with Gasteiger partial charge in [0.1, 0.15) is 5.82 Å². The van der Waals surface area contributed by atoms with Crippen LogP contribution in [-0.2, 0) is 19.6 Å². The molecule has 0 fully saturated rings. The molecule has 0 aliphatic rings. The van der Waals surface area contributed by atoms with E-state index in [1.54, 1.807) is 0 Å². The Morgan fingerprint density at radius 2 is 1.85 bits per heavy atom. The van der Waals surface area contributed by atoms with Gasteiger partial charge in [0.05, 0.1) is 16.6 Å². The van der Waals surface area contributed by atoms with Crippen molar-refractivity contribution < 1.29 is 9.18 Å². The fourth-order valence-corrected chi connectivity index (χ4v) is 3.20. The normalized spacial score (nSPS) is 11.1. The van der Waals surface area contributed by atoms with E-state index in [2.05, 4.69) is 15.5 Å². The largest absolute Gasteiger partial charge is 0.346 e. The number of aryl methyl sites for hydroxylation is 3. The molecule has 7 nitrogen and oxygen atoms in total. The second-order valence-corrected chi connectivity index (χ2v) is 6.30. The Balaban J connectivity index is 1.95. The lowest BCUT2D eigenvalue weighted by Gasteiger charge is -2.11. The van der Waals surface area contributed by atoms with E-state index in [1.807, 2.05) is 32.4 Å². The van der Waals surface area contributed by atoms with Crippen LogP contribution in [0.25, 0.3) is 10.9 Å². The van der Waals surface area contributed by atoms with Gasteiger partial charge < -0.3 is 5.32 Å². The minimum atomic E-state index is -0.587. The molecule has 0 bridgehead atoms. The first-order chi connectivity index (χ1) is 12.9. The number of carbonyl (C=O) groups is 1. The predicted molar refractivity (Wildman–Crippen MR) is 100 cm³/mol. The van der Waals surface area contributed by atoms with Crippen molar-refractivity contribution in [3.05, 3.63) is 56.9 Å². The van der Waals surface area contributed by atoms with E-state index in [0.29, 0.717) is 12.1 Å². The van der Waals surface area contributed by atoms with Gasteiger partial charge in [0.25, 0.3) is 5.91 Å². The zero-order valence-electron chi connectivity index (χ0n) is 15.8. The lowest BCUT2D eigenvalue weighted by Crippen LogP contribution is -2.32. The van der Waals surface area contributed by atoms with Gasteiger partial charge in [-0.1, -0.05) is 0 Å². The number of hydrogen-bond acceptors (Lipinski definition) is 4. The molecule has 0 aliphatic carbocycles. The lowest BCUT2D eigenvalue weighted by molar-refractivity contribution is 0.0942. The van der Waals surface area contributed by atoms with Crippen LogP contribution in [0.3, 0.4) is 0 Å². The molecule has 3 rings (SSSR count). The van der Waals surface area contributed by atoms with Crippen LogP contribution in [0.4, 0.5) is 4.39 Å². The Morgan fingerprint density at radius 3 is 2.48 bits per heavy atom. The van der Waals surface area contributed by atoms with Crippen LogP contribution in [0.1, 0.15) is 41.3 Å². The Hall–Kier alpha value is -3.03. The van der Waals surface area contributed by atoms with E-state index in [4.69, 9.17) is 0 Å². The molecule has 27 heavy (non-hydrogen) atoms. The van der Waals surface area contributed by atoms with Gasteiger partial charge in [0.2, 0.25) is 5.43 Å². The topological polar surface area (TPSA) is 81.8 Å². The molecule has 1 aromatic carbocycles. The number of fused-ring (bicyclic) bond motifs is 1. The van der Waals surface area contributed by atoms with Crippen molar-refractivity contribution >= 4 is 16.8 Å². The maximum absolute atomic E-state index is 13.6. The summed E-state index contributed by atoms with van der Waals surface area (Å²) in [6.07, 6.45) is 0. The number of hydrogen-bond donors (Lipinski definition) is 1. The minimum Gasteiger partial charge on any atom is -0.346 e. The van der Waals surface area contributed by atoms with Crippen LogP contribution in [-0.4, -0.2) is 25.5 Å². The lowest BCUT2D eigenvalue weighted by atomic mass is 10.1. The second-order valence-electron chi connectivity index (χ2n) is 6.30. The average molecular weight is 371 g/mol. The smallest absolute Gasteiger partial charge is 0.276 e. The van der Waals surface area contributed by atoms with E-state index in [9.17, 15) is 14.0 Å². The molecule has 0 spiro atoms. The SMILES string of the molecule is CCn1nc(C)c(CNC(=O)c2nn(CC)c3ccc(F)cc3c2=O)c1C. The number of nitrogens with one attached hydrogen (secondary N) is 1. The van der Waals surface area contributed by atoms with Crippen molar-refractivity contribution in [1.29, 1.82) is 0 Å². The number of nitrogens with zero attached hydrogens (tertiary/aromatic N) is 4. The number of carbonyl (C=O) groups excluding carboxylic acids is 1. The summed E-state index contributed by atoms with van der Waals surface area (Å²) in [5.74, 6) is -1.12. The Labute approximate surface area is 155 Å². The van der Waals surface area contributed by atoms with Gasteiger partial charge in [-0.05, 0) is 45.9 Å². The molecular formula is C19H22FN5O2. The summed E-state index contributed by atoms with van der Waals surface area (Å²) >= 11 is 0. The van der Waals surface area contributed by atoms with Crippen molar-refractivity contribution in [2.45, 2.75) is 47.3 Å². The maximum atomic E-state index is 13.6. The van der Waals surface area contributed by atoms with Crippen LogP contribution in [0.15, 0.2) is 23.0 Å². The van der Waals surface area contributed by atoms with Gasteiger partial charge in [-0.3, -0.25) is 19.0 Å². The third-order valence-electron chi connectivity index (χ3n) is 4.69. The fraction of sp³-hybridized carbons (Fsp3) is 0.368. The maximum Gasteiger partial charge on any atom is 0.276 e. The Morgan fingerprint density at radius 1 is 1.15 bits per heavy atom. The van der Waals surface area contributed by atoms with Crippen molar-refractivity contribution in [3.8, 4) is 0 Å². The minimum absolute atomic E-state index is 0.142. The highest BCUT2D eigenvalue weighted by Crippen LogP contribution is 2.14. The van der Waals surface area contributed by atoms with Gasteiger partial charge in [0.15, 0.2) is 5.69 Å². The molecule has 0 atom stereocenters. The van der Waals surface area contributed by atoms with E-state index in [1.165, 1.54) is 16.8 Å². The molecular weight excluding hydrogens is 349 g/mol. The van der Waals surface area contributed by atoms with Crippen molar-refractivity contribution in [2.75, 3.05) is 0 Å². The first-order valence-electron chi connectivity index (χ1n) is 8.88. The summed E-state index contributed by atoms with van der Waals surface area (Å²) in [7, 11) is 0. The van der Waals surface area contributed by atoms with E-state index in [0.717, 1.165) is 29.6 Å². The second kappa shape index (κ2) is 7.30. The summed E-state index contributed by atoms with van der Waals surface area (Å²) in [4.78, 5) is 25.3. The summed E-state index contributed by atoms with van der Waals surface area (Å²) in [6, 6.07) is 3.91. The quantitative estimate of drug-likeness (QED) is 0.746. The van der Waals surface area contributed by atoms with Crippen LogP contribution >= 0.6 is 0 Å². The van der Waals surface area contributed by atoms with Crippen molar-refractivity contribution in [3.63, 3.8) is 0 Å². The third kappa shape index (κ3) is 3.34. The average Bonchev–Trinajstić information content (AvgIpc) is 2.93. The summed E-state index contributed by atoms with van der Waals surface area (Å²) in [6.45, 7) is 9.07. The summed E-state index contributed by atoms with van der Waals surface area (Å²) < 4.78 is 17.0. The van der Waals surface area contributed by atoms with Crippen molar-refractivity contribution in [2.24, 2.45) is 0 Å². The van der Waals surface area contributed by atoms with Crippen LogP contribution in [0, 0.1) is 19.7 Å². The highest BCUT2D eigenvalue weighted by molar-refractivity contribution is 5.95. The third-order valence-corrected chi connectivity index (χ3v) is 4.69. The molecule has 0 radical (unpaired) electrons. The number of amides is 1. The van der Waals surface area contributed by atoms with E-state index in [-0.39, 0.29) is 17.6 Å². The molecule has 0 unspecified atom stereocenters. The molecule has 8 heteroatoms. The number of halogens is 1. The fourth-order valence-electron chi connectivity index (χ4n) is 3.20. The number of benzene rings is 1. The molecule has 142 valence electrons. The highest BCUT2D eigenvalue weighted by atomic mass is 19.1. The van der Waals surface area contributed by atoms with Crippen LogP contribution in [0.5, 0.6) is 0 Å². The zero-order valence-corrected chi connectivity index (χ0v) is 15.8. The predicted octanol–water partition coefficient (Wildman–Crippen LogP) is 2.32. The monoisotopic (exact) mass is 371 g/mol. The van der Waals surface area contributed by atoms with Gasteiger partial charge in [-0.25, -0.2) is 4.39 Å². The molecule has 0 saturated carbocycles. The van der Waals surface area contributed by atoms with Gasteiger partial charge in [0, 0.05) is 30.9 Å². The van der Waals surface area contributed by atoms with Crippen LogP contribution < -0.4 is 10.7 Å². The standard InChI is InChI=1S/C19H22FN5O2/c1-5-24-12(4)15(11(3)22-24)10-21-19(27)17-18(26)14-9-13(20)7-8-16(14)25(6-2)23-17/h7-9H,5-6,10H2,1-4H3,(H,21,27). The molecule has 1 amide bonds. The van der Waals surface area contributed by atoms with E-state index >= 15 is 0 Å². The molecule has 2 heterocycles. The molecule has 0 aliphatic heterocycles. The summed E-state index contributed by atoms with van der Waals surface area (Å²) in [5.41, 5.74) is 2.38. The molecule has 2 aromatic heterocycles.